The number of unbranched alkanes of at least 4 members (excludes halogenated alkanes) is 1. The van der Waals surface area contributed by atoms with Gasteiger partial charge in [-0.15, -0.1) is 0 Å². The van der Waals surface area contributed by atoms with Gasteiger partial charge in [0.1, 0.15) is 0 Å². The summed E-state index contributed by atoms with van der Waals surface area (Å²) in [5, 5.41) is 11.4. The van der Waals surface area contributed by atoms with Gasteiger partial charge in [-0.3, -0.25) is 9.59 Å². The molecule has 0 saturated carbocycles. The van der Waals surface area contributed by atoms with Crippen LogP contribution in [0.4, 0.5) is 0 Å². The molecule has 4 N–H and O–H groups in total. The summed E-state index contributed by atoms with van der Waals surface area (Å²) in [7, 11) is 1.74. The first kappa shape index (κ1) is 15.4. The van der Waals surface area contributed by atoms with E-state index in [4.69, 9.17) is 10.8 Å². The molecular formula is C10H20N2O3S. The monoisotopic (exact) mass is 248 g/mol. The van der Waals surface area contributed by atoms with E-state index in [-0.39, 0.29) is 17.6 Å². The van der Waals surface area contributed by atoms with Crippen LogP contribution in [0.5, 0.6) is 0 Å². The van der Waals surface area contributed by atoms with Gasteiger partial charge in [-0.05, 0) is 26.4 Å². The van der Waals surface area contributed by atoms with Gasteiger partial charge in [0.2, 0.25) is 5.12 Å². The number of aliphatic carboxylic acids is 1. The van der Waals surface area contributed by atoms with Crippen LogP contribution in [0, 0.1) is 0 Å². The molecule has 0 aromatic carbocycles. The fraction of sp³-hybridized carbons (Fsp3) is 0.800. The molecule has 5 nitrogen and oxygen atoms in total. The Balaban J connectivity index is 3.77. The largest absolute Gasteiger partial charge is 0.481 e. The van der Waals surface area contributed by atoms with Crippen LogP contribution >= 0.6 is 11.8 Å². The van der Waals surface area contributed by atoms with Crippen LogP contribution in [-0.2, 0) is 9.59 Å². The molecule has 0 spiro atoms. The molecule has 6 heteroatoms. The number of carboxylic acids is 1. The van der Waals surface area contributed by atoms with Gasteiger partial charge in [0.15, 0.2) is 0 Å². The van der Waals surface area contributed by atoms with Gasteiger partial charge in [0.25, 0.3) is 0 Å². The van der Waals surface area contributed by atoms with Gasteiger partial charge in [-0.25, -0.2) is 0 Å². The molecule has 0 amide bonds. The van der Waals surface area contributed by atoms with E-state index in [9.17, 15) is 9.59 Å². The van der Waals surface area contributed by atoms with Crippen molar-refractivity contribution in [3.05, 3.63) is 0 Å². The zero-order chi connectivity index (χ0) is 12.4. The summed E-state index contributed by atoms with van der Waals surface area (Å²) < 4.78 is 0. The number of hydrogen-bond acceptors (Lipinski definition) is 5. The lowest BCUT2D eigenvalue weighted by molar-refractivity contribution is -0.136. The second kappa shape index (κ2) is 9.62. The lowest BCUT2D eigenvalue weighted by Crippen LogP contribution is -2.32. The molecular weight excluding hydrogens is 228 g/mol. The topological polar surface area (TPSA) is 92.4 Å². The number of thioether (sulfide) groups is 1. The number of carbonyl (C=O) groups is 2. The summed E-state index contributed by atoms with van der Waals surface area (Å²) in [5.41, 5.74) is 5.37. The van der Waals surface area contributed by atoms with E-state index in [0.717, 1.165) is 31.0 Å². The molecule has 0 aliphatic heterocycles. The van der Waals surface area contributed by atoms with E-state index >= 15 is 0 Å². The van der Waals surface area contributed by atoms with E-state index in [2.05, 4.69) is 5.32 Å². The SMILES string of the molecule is CNC(CCCCN)C(=O)SCCC(=O)O. The van der Waals surface area contributed by atoms with Gasteiger partial charge < -0.3 is 16.2 Å². The minimum atomic E-state index is -0.871. The summed E-state index contributed by atoms with van der Waals surface area (Å²) in [5.74, 6) is -0.534. The molecule has 1 atom stereocenters. The highest BCUT2D eigenvalue weighted by molar-refractivity contribution is 8.13. The van der Waals surface area contributed by atoms with Crippen LogP contribution in [0.15, 0.2) is 0 Å². The molecule has 94 valence electrons. The van der Waals surface area contributed by atoms with Crippen LogP contribution in [-0.4, -0.2) is 41.6 Å². The van der Waals surface area contributed by atoms with Gasteiger partial charge in [0, 0.05) is 5.75 Å². The summed E-state index contributed by atoms with van der Waals surface area (Å²) in [6.07, 6.45) is 2.60. The first-order valence-electron chi connectivity index (χ1n) is 5.37. The highest BCUT2D eigenvalue weighted by Crippen LogP contribution is 2.11. The summed E-state index contributed by atoms with van der Waals surface area (Å²) in [4.78, 5) is 21.9. The second-order valence-electron chi connectivity index (χ2n) is 3.44. The quantitative estimate of drug-likeness (QED) is 0.513. The first-order valence-corrected chi connectivity index (χ1v) is 6.36. The molecule has 0 rings (SSSR count). The number of likely N-dealkylation sites (N-methyl/N-ethyl adjacent to an activating group) is 1. The standard InChI is InChI=1S/C10H20N2O3S/c1-12-8(4-2-3-6-11)10(15)16-7-5-9(13)14/h8,12H,2-7,11H2,1H3,(H,13,14). The van der Waals surface area contributed by atoms with Crippen LogP contribution < -0.4 is 11.1 Å². The fourth-order valence-corrected chi connectivity index (χ4v) is 2.13. The number of carbonyl (C=O) groups excluding carboxylic acids is 1. The maximum Gasteiger partial charge on any atom is 0.304 e. The third kappa shape index (κ3) is 7.67. The number of nitrogens with two attached hydrogens (primary N) is 1. The van der Waals surface area contributed by atoms with E-state index in [0.29, 0.717) is 12.3 Å². The van der Waals surface area contributed by atoms with Crippen molar-refractivity contribution in [2.24, 2.45) is 5.73 Å². The Hall–Kier alpha value is -0.590. The Morgan fingerprint density at radius 2 is 2.12 bits per heavy atom. The number of hydrogen-bond donors (Lipinski definition) is 3. The maximum absolute atomic E-state index is 11.6. The summed E-state index contributed by atoms with van der Waals surface area (Å²) in [6, 6.07) is -0.189. The molecule has 0 aliphatic carbocycles. The van der Waals surface area contributed by atoms with Crippen LogP contribution in [0.3, 0.4) is 0 Å². The Morgan fingerprint density at radius 1 is 1.44 bits per heavy atom. The fourth-order valence-electron chi connectivity index (χ4n) is 1.21. The Kier molecular flexibility index (Phi) is 9.27. The molecule has 0 saturated heterocycles. The molecule has 16 heavy (non-hydrogen) atoms. The van der Waals surface area contributed by atoms with Crippen molar-refractivity contribution >= 4 is 22.8 Å². The highest BCUT2D eigenvalue weighted by atomic mass is 32.2. The van der Waals surface area contributed by atoms with E-state index in [1.807, 2.05) is 0 Å². The lowest BCUT2D eigenvalue weighted by atomic mass is 10.1. The molecule has 1 unspecified atom stereocenters. The molecule has 0 aromatic rings. The molecule has 0 fully saturated rings. The normalized spacial score (nSPS) is 12.4. The average Bonchev–Trinajstić information content (AvgIpc) is 2.23. The van der Waals surface area contributed by atoms with Crippen molar-refractivity contribution in [3.63, 3.8) is 0 Å². The van der Waals surface area contributed by atoms with Crippen molar-refractivity contribution in [2.45, 2.75) is 31.7 Å². The minimum absolute atomic E-state index is 0.0146. The van der Waals surface area contributed by atoms with Gasteiger partial charge in [-0.1, -0.05) is 18.2 Å². The Bertz CT molecular complexity index is 224. The molecule has 0 bridgehead atoms. The molecule has 0 heterocycles. The average molecular weight is 248 g/mol. The van der Waals surface area contributed by atoms with E-state index in [1.54, 1.807) is 7.05 Å². The molecule has 0 radical (unpaired) electrons. The predicted molar refractivity (Wildman–Crippen MR) is 65.5 cm³/mol. The van der Waals surface area contributed by atoms with Gasteiger partial charge >= 0.3 is 5.97 Å². The predicted octanol–water partition coefficient (Wildman–Crippen LogP) is 0.438. The van der Waals surface area contributed by atoms with Crippen molar-refractivity contribution in [3.8, 4) is 0 Å². The number of carboxylic acid groups (broad SMARTS) is 1. The third-order valence-corrected chi connectivity index (χ3v) is 3.12. The number of nitrogens with one attached hydrogen (secondary N) is 1. The number of rotatable bonds is 9. The smallest absolute Gasteiger partial charge is 0.304 e. The van der Waals surface area contributed by atoms with Crippen LogP contribution in [0.1, 0.15) is 25.7 Å². The minimum Gasteiger partial charge on any atom is -0.481 e. The van der Waals surface area contributed by atoms with Gasteiger partial charge in [0.05, 0.1) is 12.5 Å². The zero-order valence-electron chi connectivity index (χ0n) is 9.57. The Morgan fingerprint density at radius 3 is 2.62 bits per heavy atom. The Labute approximate surface area is 100 Å². The zero-order valence-corrected chi connectivity index (χ0v) is 10.4. The maximum atomic E-state index is 11.6. The van der Waals surface area contributed by atoms with Crippen molar-refractivity contribution in [1.29, 1.82) is 0 Å². The van der Waals surface area contributed by atoms with E-state index < -0.39 is 5.97 Å². The highest BCUT2D eigenvalue weighted by Gasteiger charge is 2.16. The van der Waals surface area contributed by atoms with Crippen molar-refractivity contribution in [1.82, 2.24) is 5.32 Å². The van der Waals surface area contributed by atoms with Crippen molar-refractivity contribution in [2.75, 3.05) is 19.3 Å². The second-order valence-corrected chi connectivity index (χ2v) is 4.54. The third-order valence-electron chi connectivity index (χ3n) is 2.14. The molecule has 0 aromatic heterocycles. The first-order chi connectivity index (χ1) is 7.61. The van der Waals surface area contributed by atoms with Crippen LogP contribution in [0.25, 0.3) is 0 Å². The van der Waals surface area contributed by atoms with Crippen molar-refractivity contribution < 1.29 is 14.7 Å². The van der Waals surface area contributed by atoms with E-state index in [1.165, 1.54) is 0 Å². The summed E-state index contributed by atoms with van der Waals surface area (Å²) in [6.45, 7) is 0.636. The molecule has 0 aliphatic rings. The lowest BCUT2D eigenvalue weighted by Gasteiger charge is -2.13. The van der Waals surface area contributed by atoms with Crippen LogP contribution in [0.2, 0.25) is 0 Å². The summed E-state index contributed by atoms with van der Waals surface area (Å²) >= 11 is 1.08. The van der Waals surface area contributed by atoms with Gasteiger partial charge in [-0.2, -0.15) is 0 Å².